The molecule has 2 unspecified atom stereocenters. The summed E-state index contributed by atoms with van der Waals surface area (Å²) in [5, 5.41) is 9.18. The fraction of sp³-hybridized carbons (Fsp3) is 0.538. The number of hydrogen-bond donors (Lipinski definition) is 1. The molecule has 0 radical (unpaired) electrons. The highest BCUT2D eigenvalue weighted by Gasteiger charge is 2.22. The maximum atomic E-state index is 9.18. The molecule has 15 heavy (non-hydrogen) atoms. The summed E-state index contributed by atoms with van der Waals surface area (Å²) < 4.78 is 1.17. The molecule has 0 fully saturated rings. The average molecular weight is 269 g/mol. The van der Waals surface area contributed by atoms with Crippen molar-refractivity contribution >= 4 is 15.9 Å². The first kappa shape index (κ1) is 11.2. The van der Waals surface area contributed by atoms with Gasteiger partial charge in [-0.05, 0) is 54.4 Å². The van der Waals surface area contributed by atoms with E-state index in [0.717, 1.165) is 12.8 Å². The standard InChI is InChI=1S/C13H17BrO/c1-9(8-15)11-3-2-10-4-5-13(14)7-12(10)6-11/h4-5,7,9,11,15H,2-3,6,8H2,1H3. The van der Waals surface area contributed by atoms with Gasteiger partial charge in [0.05, 0.1) is 0 Å². The number of aryl methyl sites for hydroxylation is 1. The maximum Gasteiger partial charge on any atom is 0.0459 e. The van der Waals surface area contributed by atoms with Crippen LogP contribution in [0.5, 0.6) is 0 Å². The first-order valence-corrected chi connectivity index (χ1v) is 6.38. The Morgan fingerprint density at radius 3 is 3.00 bits per heavy atom. The van der Waals surface area contributed by atoms with E-state index >= 15 is 0 Å². The Labute approximate surface area is 99.6 Å². The Balaban J connectivity index is 2.18. The lowest BCUT2D eigenvalue weighted by atomic mass is 9.78. The van der Waals surface area contributed by atoms with Crippen LogP contribution in [0.3, 0.4) is 0 Å². The van der Waals surface area contributed by atoms with Gasteiger partial charge in [0.1, 0.15) is 0 Å². The Morgan fingerprint density at radius 2 is 2.27 bits per heavy atom. The fourth-order valence-corrected chi connectivity index (χ4v) is 2.80. The summed E-state index contributed by atoms with van der Waals surface area (Å²) in [6.45, 7) is 2.46. The summed E-state index contributed by atoms with van der Waals surface area (Å²) in [5.41, 5.74) is 2.94. The molecule has 1 aromatic carbocycles. The van der Waals surface area contributed by atoms with Gasteiger partial charge in [0, 0.05) is 11.1 Å². The molecule has 0 aromatic heterocycles. The summed E-state index contributed by atoms with van der Waals surface area (Å²) in [6.07, 6.45) is 3.50. The summed E-state index contributed by atoms with van der Waals surface area (Å²) in [7, 11) is 0. The van der Waals surface area contributed by atoms with Gasteiger partial charge in [0.15, 0.2) is 0 Å². The van der Waals surface area contributed by atoms with Gasteiger partial charge in [-0.1, -0.05) is 28.9 Å². The van der Waals surface area contributed by atoms with Crippen molar-refractivity contribution in [1.82, 2.24) is 0 Å². The molecule has 0 saturated carbocycles. The van der Waals surface area contributed by atoms with Crippen LogP contribution in [0.2, 0.25) is 0 Å². The largest absolute Gasteiger partial charge is 0.396 e. The monoisotopic (exact) mass is 268 g/mol. The van der Waals surface area contributed by atoms with E-state index in [-0.39, 0.29) is 0 Å². The molecule has 0 spiro atoms. The van der Waals surface area contributed by atoms with E-state index in [0.29, 0.717) is 18.4 Å². The third-order valence-corrected chi connectivity index (χ3v) is 4.02. The van der Waals surface area contributed by atoms with Gasteiger partial charge in [0.2, 0.25) is 0 Å². The number of rotatable bonds is 2. The van der Waals surface area contributed by atoms with Crippen LogP contribution in [0.4, 0.5) is 0 Å². The highest BCUT2D eigenvalue weighted by atomic mass is 79.9. The quantitative estimate of drug-likeness (QED) is 0.874. The van der Waals surface area contributed by atoms with Gasteiger partial charge in [-0.3, -0.25) is 0 Å². The third-order valence-electron chi connectivity index (χ3n) is 3.53. The fourth-order valence-electron chi connectivity index (χ4n) is 2.39. The summed E-state index contributed by atoms with van der Waals surface area (Å²) in [4.78, 5) is 0. The van der Waals surface area contributed by atoms with Crippen molar-refractivity contribution in [3.8, 4) is 0 Å². The molecule has 2 atom stereocenters. The van der Waals surface area contributed by atoms with Crippen LogP contribution in [-0.2, 0) is 12.8 Å². The number of fused-ring (bicyclic) bond motifs is 1. The first-order valence-electron chi connectivity index (χ1n) is 5.59. The SMILES string of the molecule is CC(CO)C1CCc2ccc(Br)cc2C1. The molecule has 1 aromatic rings. The normalized spacial score (nSPS) is 22.2. The third kappa shape index (κ3) is 2.43. The van der Waals surface area contributed by atoms with Crippen molar-refractivity contribution in [3.63, 3.8) is 0 Å². The van der Waals surface area contributed by atoms with Crippen LogP contribution in [-0.4, -0.2) is 11.7 Å². The van der Waals surface area contributed by atoms with E-state index < -0.39 is 0 Å². The minimum Gasteiger partial charge on any atom is -0.396 e. The second-order valence-electron chi connectivity index (χ2n) is 4.58. The molecule has 0 aliphatic heterocycles. The van der Waals surface area contributed by atoms with Gasteiger partial charge in [-0.15, -0.1) is 0 Å². The molecule has 1 aliphatic carbocycles. The lowest BCUT2D eigenvalue weighted by molar-refractivity contribution is 0.178. The van der Waals surface area contributed by atoms with E-state index in [9.17, 15) is 5.11 Å². The predicted octanol–water partition coefficient (Wildman–Crippen LogP) is 3.18. The number of halogens is 1. The molecule has 2 heteroatoms. The van der Waals surface area contributed by atoms with E-state index in [2.05, 4.69) is 41.1 Å². The first-order chi connectivity index (χ1) is 7.20. The minimum atomic E-state index is 0.313. The van der Waals surface area contributed by atoms with Crippen LogP contribution < -0.4 is 0 Å². The highest BCUT2D eigenvalue weighted by Crippen LogP contribution is 2.31. The van der Waals surface area contributed by atoms with Gasteiger partial charge >= 0.3 is 0 Å². The smallest absolute Gasteiger partial charge is 0.0459 e. The summed E-state index contributed by atoms with van der Waals surface area (Å²) in [5.74, 6) is 1.08. The Morgan fingerprint density at radius 1 is 1.47 bits per heavy atom. The zero-order valence-corrected chi connectivity index (χ0v) is 10.6. The topological polar surface area (TPSA) is 20.2 Å². The highest BCUT2D eigenvalue weighted by molar-refractivity contribution is 9.10. The number of hydrogen-bond acceptors (Lipinski definition) is 1. The van der Waals surface area contributed by atoms with Crippen molar-refractivity contribution in [2.75, 3.05) is 6.61 Å². The van der Waals surface area contributed by atoms with Crippen molar-refractivity contribution in [1.29, 1.82) is 0 Å². The molecule has 0 saturated heterocycles. The lowest BCUT2D eigenvalue weighted by Crippen LogP contribution is -2.22. The average Bonchev–Trinajstić information content (AvgIpc) is 2.27. The van der Waals surface area contributed by atoms with Crippen LogP contribution >= 0.6 is 15.9 Å². The second kappa shape index (κ2) is 4.67. The molecule has 1 nitrogen and oxygen atoms in total. The van der Waals surface area contributed by atoms with Gasteiger partial charge < -0.3 is 5.11 Å². The Hall–Kier alpha value is -0.340. The maximum absolute atomic E-state index is 9.18. The molecule has 0 amide bonds. The van der Waals surface area contributed by atoms with Gasteiger partial charge in [0.25, 0.3) is 0 Å². The number of benzene rings is 1. The van der Waals surface area contributed by atoms with Crippen molar-refractivity contribution < 1.29 is 5.11 Å². The van der Waals surface area contributed by atoms with Gasteiger partial charge in [-0.2, -0.15) is 0 Å². The zero-order valence-electron chi connectivity index (χ0n) is 9.04. The molecule has 0 heterocycles. The molecular formula is C13H17BrO. The summed E-state index contributed by atoms with van der Waals surface area (Å²) in [6, 6.07) is 6.57. The lowest BCUT2D eigenvalue weighted by Gasteiger charge is -2.28. The van der Waals surface area contributed by atoms with Crippen LogP contribution in [0.25, 0.3) is 0 Å². The molecule has 1 N–H and O–H groups in total. The molecule has 82 valence electrons. The van der Waals surface area contributed by atoms with Crippen molar-refractivity contribution in [2.45, 2.75) is 26.2 Å². The number of aliphatic hydroxyl groups excluding tert-OH is 1. The molecule has 0 bridgehead atoms. The molecular weight excluding hydrogens is 252 g/mol. The Bertz CT molecular complexity index is 348. The van der Waals surface area contributed by atoms with Crippen molar-refractivity contribution in [2.24, 2.45) is 11.8 Å². The van der Waals surface area contributed by atoms with Crippen molar-refractivity contribution in [3.05, 3.63) is 33.8 Å². The Kier molecular flexibility index (Phi) is 3.47. The summed E-state index contributed by atoms with van der Waals surface area (Å²) >= 11 is 3.52. The van der Waals surface area contributed by atoms with E-state index in [1.807, 2.05) is 0 Å². The van der Waals surface area contributed by atoms with Crippen LogP contribution in [0, 0.1) is 11.8 Å². The zero-order chi connectivity index (χ0) is 10.8. The predicted molar refractivity (Wildman–Crippen MR) is 65.9 cm³/mol. The molecule has 2 rings (SSSR count). The van der Waals surface area contributed by atoms with E-state index in [4.69, 9.17) is 0 Å². The molecule has 1 aliphatic rings. The van der Waals surface area contributed by atoms with Crippen LogP contribution in [0.15, 0.2) is 22.7 Å². The van der Waals surface area contributed by atoms with E-state index in [1.54, 1.807) is 0 Å². The second-order valence-corrected chi connectivity index (χ2v) is 5.49. The minimum absolute atomic E-state index is 0.313. The van der Waals surface area contributed by atoms with Crippen LogP contribution in [0.1, 0.15) is 24.5 Å². The number of aliphatic hydroxyl groups is 1. The van der Waals surface area contributed by atoms with E-state index in [1.165, 1.54) is 22.0 Å². The van der Waals surface area contributed by atoms with Gasteiger partial charge in [-0.25, -0.2) is 0 Å².